The van der Waals surface area contributed by atoms with Crippen LogP contribution in [-0.4, -0.2) is 40.9 Å². The molecule has 2 N–H and O–H groups in total. The molecular weight excluding hydrogens is 288 g/mol. The fraction of sp³-hybridized carbons (Fsp3) is 0.500. The highest BCUT2D eigenvalue weighted by atomic mass is 32.1. The largest absolute Gasteiger partial charge is 0.349 e. The molecule has 0 saturated carbocycles. The molecule has 2 aromatic rings. The van der Waals surface area contributed by atoms with Crippen LogP contribution in [0.25, 0.3) is 10.2 Å². The van der Waals surface area contributed by atoms with Gasteiger partial charge in [0.2, 0.25) is 0 Å². The number of amides is 1. The Morgan fingerprint density at radius 1 is 1.43 bits per heavy atom. The summed E-state index contributed by atoms with van der Waals surface area (Å²) in [4.78, 5) is 34.7. The van der Waals surface area contributed by atoms with Gasteiger partial charge in [0.1, 0.15) is 10.7 Å². The van der Waals surface area contributed by atoms with Gasteiger partial charge in [-0.3, -0.25) is 9.59 Å². The Morgan fingerprint density at radius 3 is 2.67 bits per heavy atom. The van der Waals surface area contributed by atoms with E-state index in [0.717, 1.165) is 0 Å². The Bertz CT molecular complexity index is 730. The average molecular weight is 308 g/mol. The number of nitrogens with zero attached hydrogens (tertiary/aromatic N) is 2. The highest BCUT2D eigenvalue weighted by molar-refractivity contribution is 7.20. The van der Waals surface area contributed by atoms with E-state index in [2.05, 4.69) is 15.3 Å². The van der Waals surface area contributed by atoms with Gasteiger partial charge >= 0.3 is 0 Å². The van der Waals surface area contributed by atoms with E-state index in [9.17, 15) is 9.59 Å². The van der Waals surface area contributed by atoms with Gasteiger partial charge in [-0.05, 0) is 40.4 Å². The van der Waals surface area contributed by atoms with Crippen LogP contribution in [0.5, 0.6) is 0 Å². The molecule has 2 heterocycles. The lowest BCUT2D eigenvalue weighted by atomic mass is 10.2. The van der Waals surface area contributed by atoms with Crippen molar-refractivity contribution in [3.63, 3.8) is 0 Å². The molecule has 114 valence electrons. The van der Waals surface area contributed by atoms with Crippen molar-refractivity contribution in [1.29, 1.82) is 0 Å². The number of carbonyl (C=O) groups is 1. The van der Waals surface area contributed by atoms with Crippen molar-refractivity contribution in [2.75, 3.05) is 14.1 Å². The van der Waals surface area contributed by atoms with Gasteiger partial charge in [0.25, 0.3) is 11.5 Å². The Balaban J connectivity index is 2.52. The predicted molar refractivity (Wildman–Crippen MR) is 85.0 cm³/mol. The second kappa shape index (κ2) is 5.95. The molecule has 0 bridgehead atoms. The molecule has 2 rings (SSSR count). The molecule has 0 atom stereocenters. The second-order valence-electron chi connectivity index (χ2n) is 5.61. The van der Waals surface area contributed by atoms with Crippen molar-refractivity contribution < 1.29 is 4.79 Å². The third-order valence-electron chi connectivity index (χ3n) is 2.94. The number of hydrogen-bond donors (Lipinski definition) is 2. The molecule has 0 saturated heterocycles. The standard InChI is InChI=1S/C14H20N4O2S/c1-7(2)15-13(20)11-8(3)10-12(19)16-9(6-18(4)5)17-14(10)21-11/h7H,6H2,1-5H3,(H,15,20)(H,16,17,19). The van der Waals surface area contributed by atoms with E-state index in [1.54, 1.807) is 6.92 Å². The van der Waals surface area contributed by atoms with Crippen molar-refractivity contribution in [3.05, 3.63) is 26.6 Å². The van der Waals surface area contributed by atoms with Gasteiger partial charge in [0, 0.05) is 6.04 Å². The maximum atomic E-state index is 12.2. The average Bonchev–Trinajstić information content (AvgIpc) is 2.65. The maximum Gasteiger partial charge on any atom is 0.261 e. The van der Waals surface area contributed by atoms with Crippen molar-refractivity contribution in [2.24, 2.45) is 0 Å². The molecule has 2 aromatic heterocycles. The first kappa shape index (κ1) is 15.7. The zero-order valence-electron chi connectivity index (χ0n) is 12.9. The number of nitrogens with one attached hydrogen (secondary N) is 2. The Labute approximate surface area is 127 Å². The summed E-state index contributed by atoms with van der Waals surface area (Å²) in [5, 5.41) is 3.36. The summed E-state index contributed by atoms with van der Waals surface area (Å²) in [5.41, 5.74) is 0.507. The molecule has 21 heavy (non-hydrogen) atoms. The van der Waals surface area contributed by atoms with E-state index in [4.69, 9.17) is 0 Å². The van der Waals surface area contributed by atoms with E-state index in [1.165, 1.54) is 11.3 Å². The smallest absolute Gasteiger partial charge is 0.261 e. The van der Waals surface area contributed by atoms with E-state index >= 15 is 0 Å². The van der Waals surface area contributed by atoms with E-state index < -0.39 is 0 Å². The van der Waals surface area contributed by atoms with Gasteiger partial charge in [-0.25, -0.2) is 4.98 Å². The molecule has 0 unspecified atom stereocenters. The molecule has 7 heteroatoms. The van der Waals surface area contributed by atoms with Crippen molar-refractivity contribution in [2.45, 2.75) is 33.4 Å². The minimum absolute atomic E-state index is 0.0534. The van der Waals surface area contributed by atoms with E-state index in [1.807, 2.05) is 32.8 Å². The fourth-order valence-electron chi connectivity index (χ4n) is 2.11. The summed E-state index contributed by atoms with van der Waals surface area (Å²) >= 11 is 1.27. The molecule has 6 nitrogen and oxygen atoms in total. The molecular formula is C14H20N4O2S. The molecule has 0 fully saturated rings. The lowest BCUT2D eigenvalue weighted by Crippen LogP contribution is -2.29. The number of hydrogen-bond acceptors (Lipinski definition) is 5. The molecule has 0 radical (unpaired) electrons. The van der Waals surface area contributed by atoms with Gasteiger partial charge in [-0.2, -0.15) is 0 Å². The van der Waals surface area contributed by atoms with Gasteiger partial charge in [0.05, 0.1) is 16.8 Å². The predicted octanol–water partition coefficient (Wildman–Crippen LogP) is 1.49. The summed E-state index contributed by atoms with van der Waals surface area (Å²) in [6.45, 7) is 6.15. The normalized spacial score (nSPS) is 11.6. The number of carbonyl (C=O) groups excluding carboxylic acids is 1. The zero-order chi connectivity index (χ0) is 15.7. The van der Waals surface area contributed by atoms with Crippen LogP contribution >= 0.6 is 11.3 Å². The van der Waals surface area contributed by atoms with Crippen molar-refractivity contribution in [3.8, 4) is 0 Å². The Morgan fingerprint density at radius 2 is 2.10 bits per heavy atom. The molecule has 0 aromatic carbocycles. The topological polar surface area (TPSA) is 78.1 Å². The summed E-state index contributed by atoms with van der Waals surface area (Å²) in [5.74, 6) is 0.452. The van der Waals surface area contributed by atoms with Crippen LogP contribution in [-0.2, 0) is 6.54 Å². The molecule has 0 spiro atoms. The highest BCUT2D eigenvalue weighted by Crippen LogP contribution is 2.27. The number of fused-ring (bicyclic) bond motifs is 1. The number of rotatable bonds is 4. The Hall–Kier alpha value is -1.73. The first-order valence-electron chi connectivity index (χ1n) is 6.77. The molecule has 0 aliphatic rings. The third kappa shape index (κ3) is 3.30. The SMILES string of the molecule is Cc1c(C(=O)NC(C)C)sc2nc(CN(C)C)[nH]c(=O)c12. The summed E-state index contributed by atoms with van der Waals surface area (Å²) in [6.07, 6.45) is 0. The van der Waals surface area contributed by atoms with E-state index in [0.29, 0.717) is 33.0 Å². The summed E-state index contributed by atoms with van der Waals surface area (Å²) in [7, 11) is 3.82. The third-order valence-corrected chi connectivity index (χ3v) is 4.13. The van der Waals surface area contributed by atoms with Crippen LogP contribution in [0.3, 0.4) is 0 Å². The first-order valence-corrected chi connectivity index (χ1v) is 7.59. The van der Waals surface area contributed by atoms with Crippen LogP contribution < -0.4 is 10.9 Å². The van der Waals surface area contributed by atoms with Crippen LogP contribution in [0, 0.1) is 6.92 Å². The van der Waals surface area contributed by atoms with E-state index in [-0.39, 0.29) is 17.5 Å². The summed E-state index contributed by atoms with van der Waals surface area (Å²) in [6, 6.07) is 0.0534. The Kier molecular flexibility index (Phi) is 4.43. The second-order valence-corrected chi connectivity index (χ2v) is 6.61. The van der Waals surface area contributed by atoms with Gasteiger partial charge in [0.15, 0.2) is 0 Å². The minimum Gasteiger partial charge on any atom is -0.349 e. The van der Waals surface area contributed by atoms with Crippen LogP contribution in [0.2, 0.25) is 0 Å². The number of aromatic nitrogens is 2. The zero-order valence-corrected chi connectivity index (χ0v) is 13.7. The summed E-state index contributed by atoms with van der Waals surface area (Å²) < 4.78 is 0. The first-order chi connectivity index (χ1) is 9.79. The maximum absolute atomic E-state index is 12.2. The monoisotopic (exact) mass is 308 g/mol. The molecule has 0 aliphatic heterocycles. The van der Waals surface area contributed by atoms with Crippen molar-refractivity contribution in [1.82, 2.24) is 20.2 Å². The molecule has 0 aliphatic carbocycles. The quantitative estimate of drug-likeness (QED) is 0.897. The fourth-order valence-corrected chi connectivity index (χ4v) is 3.21. The van der Waals surface area contributed by atoms with Crippen LogP contribution in [0.15, 0.2) is 4.79 Å². The number of aromatic amines is 1. The number of thiophene rings is 1. The minimum atomic E-state index is -0.186. The highest BCUT2D eigenvalue weighted by Gasteiger charge is 2.19. The lowest BCUT2D eigenvalue weighted by Gasteiger charge is -2.07. The van der Waals surface area contributed by atoms with Gasteiger partial charge in [-0.1, -0.05) is 0 Å². The van der Waals surface area contributed by atoms with Crippen LogP contribution in [0.1, 0.15) is 34.9 Å². The molecule has 1 amide bonds. The lowest BCUT2D eigenvalue weighted by molar-refractivity contribution is 0.0947. The number of H-pyrrole nitrogens is 1. The van der Waals surface area contributed by atoms with Gasteiger partial charge < -0.3 is 15.2 Å². The van der Waals surface area contributed by atoms with Crippen molar-refractivity contribution >= 4 is 27.5 Å². The van der Waals surface area contributed by atoms with Crippen LogP contribution in [0.4, 0.5) is 0 Å². The van der Waals surface area contributed by atoms with Gasteiger partial charge in [-0.15, -0.1) is 11.3 Å². The number of aryl methyl sites for hydroxylation is 1.